The molecular weight excluding hydrogens is 476 g/mol. The quantitative estimate of drug-likeness (QED) is 0.138. The lowest BCUT2D eigenvalue weighted by Crippen LogP contribution is -2.36. The van der Waals surface area contributed by atoms with Crippen molar-refractivity contribution in [1.82, 2.24) is 4.98 Å². The maximum Gasteiger partial charge on any atom is 0.319 e. The van der Waals surface area contributed by atoms with Gasteiger partial charge in [-0.25, -0.2) is 4.98 Å². The molecule has 0 aliphatic rings. The molecule has 38 heavy (non-hydrogen) atoms. The molecule has 0 aliphatic heterocycles. The number of benzene rings is 4. The fourth-order valence-electron chi connectivity index (χ4n) is 4.62. The van der Waals surface area contributed by atoms with Crippen LogP contribution >= 0.6 is 0 Å². The van der Waals surface area contributed by atoms with Gasteiger partial charge in [-0.1, -0.05) is 66.7 Å². The maximum absolute atomic E-state index is 14.0. The zero-order valence-corrected chi connectivity index (χ0v) is 21.3. The average Bonchev–Trinajstić information content (AvgIpc) is 2.96. The van der Waals surface area contributed by atoms with Crippen LogP contribution < -0.4 is 10.1 Å². The number of fused-ring (bicyclic) bond motifs is 2. The van der Waals surface area contributed by atoms with Crippen LogP contribution in [-0.4, -0.2) is 30.5 Å². The van der Waals surface area contributed by atoms with Crippen LogP contribution in [0, 0.1) is 5.92 Å². The van der Waals surface area contributed by atoms with E-state index in [0.29, 0.717) is 11.3 Å². The summed E-state index contributed by atoms with van der Waals surface area (Å²) >= 11 is 0. The van der Waals surface area contributed by atoms with Gasteiger partial charge in [-0.2, -0.15) is 0 Å². The number of para-hydroxylation sites is 1. The highest BCUT2D eigenvalue weighted by Gasteiger charge is 2.38. The Morgan fingerprint density at radius 3 is 2.24 bits per heavy atom. The fraction of sp³-hybridized carbons (Fsp3) is 0.156. The molecule has 5 rings (SSSR count). The zero-order chi connectivity index (χ0) is 26.5. The number of nitrogens with one attached hydrogen (secondary N) is 1. The van der Waals surface area contributed by atoms with Crippen molar-refractivity contribution in [1.29, 1.82) is 0 Å². The van der Waals surface area contributed by atoms with E-state index in [0.717, 1.165) is 27.4 Å². The molecule has 1 aromatic heterocycles. The number of rotatable bonds is 9. The molecule has 1 heterocycles. The van der Waals surface area contributed by atoms with Crippen molar-refractivity contribution in [3.8, 4) is 5.75 Å². The van der Waals surface area contributed by atoms with Crippen molar-refractivity contribution < 1.29 is 19.1 Å². The van der Waals surface area contributed by atoms with Gasteiger partial charge in [0.15, 0.2) is 5.78 Å². The van der Waals surface area contributed by atoms with Gasteiger partial charge in [0.25, 0.3) is 0 Å². The van der Waals surface area contributed by atoms with E-state index in [1.807, 2.05) is 97.1 Å². The molecule has 2 unspecified atom stereocenters. The van der Waals surface area contributed by atoms with E-state index in [9.17, 15) is 9.59 Å². The Balaban J connectivity index is 1.60. The number of ketones is 1. The number of aromatic nitrogens is 1. The lowest BCUT2D eigenvalue weighted by atomic mass is 9.87. The van der Waals surface area contributed by atoms with Crippen LogP contribution in [0.1, 0.15) is 29.0 Å². The molecular formula is C32H28N2O4. The molecule has 2 atom stereocenters. The summed E-state index contributed by atoms with van der Waals surface area (Å²) < 4.78 is 10.8. The summed E-state index contributed by atoms with van der Waals surface area (Å²) in [6.07, 6.45) is 0. The van der Waals surface area contributed by atoms with Crippen LogP contribution in [0.2, 0.25) is 0 Å². The van der Waals surface area contributed by atoms with Gasteiger partial charge in [0.1, 0.15) is 17.4 Å². The largest absolute Gasteiger partial charge is 0.497 e. The minimum Gasteiger partial charge on any atom is -0.497 e. The van der Waals surface area contributed by atoms with Gasteiger partial charge in [0.2, 0.25) is 0 Å². The Bertz CT molecular complexity index is 1600. The third-order valence-corrected chi connectivity index (χ3v) is 6.55. The third kappa shape index (κ3) is 5.20. The zero-order valence-electron chi connectivity index (χ0n) is 21.3. The second-order valence-electron chi connectivity index (χ2n) is 8.94. The van der Waals surface area contributed by atoms with E-state index in [2.05, 4.69) is 10.3 Å². The fourth-order valence-corrected chi connectivity index (χ4v) is 4.62. The molecule has 6 nitrogen and oxygen atoms in total. The first-order chi connectivity index (χ1) is 18.6. The first-order valence-electron chi connectivity index (χ1n) is 12.5. The Hall–Kier alpha value is -4.71. The first kappa shape index (κ1) is 25.0. The van der Waals surface area contributed by atoms with E-state index < -0.39 is 23.7 Å². The summed E-state index contributed by atoms with van der Waals surface area (Å²) in [5.41, 5.74) is 2.41. The number of methoxy groups -OCH3 is 1. The molecule has 0 amide bonds. The van der Waals surface area contributed by atoms with Crippen LogP contribution in [-0.2, 0) is 9.53 Å². The summed E-state index contributed by atoms with van der Waals surface area (Å²) in [5, 5.41) is 6.51. The topological polar surface area (TPSA) is 77.5 Å². The molecule has 0 aliphatic carbocycles. The maximum atomic E-state index is 14.0. The summed E-state index contributed by atoms with van der Waals surface area (Å²) in [7, 11) is 1.59. The first-order valence-corrected chi connectivity index (χ1v) is 12.5. The van der Waals surface area contributed by atoms with Crippen LogP contribution in [0.15, 0.2) is 103 Å². The number of hydrogen-bond donors (Lipinski definition) is 1. The highest BCUT2D eigenvalue weighted by Crippen LogP contribution is 2.33. The summed E-state index contributed by atoms with van der Waals surface area (Å²) in [6.45, 7) is 1.88. The van der Waals surface area contributed by atoms with Gasteiger partial charge in [-0.3, -0.25) is 9.59 Å². The lowest BCUT2D eigenvalue weighted by Gasteiger charge is -2.27. The highest BCUT2D eigenvalue weighted by molar-refractivity contribution is 6.09. The SMILES string of the molecule is CCOC(=O)C(C(=O)c1ccc2ccccc2n1)C(Nc1ccc2ccccc2c1)c1ccc(OC)cc1. The molecule has 5 aromatic rings. The third-order valence-electron chi connectivity index (χ3n) is 6.55. The van der Waals surface area contributed by atoms with E-state index in [4.69, 9.17) is 9.47 Å². The normalized spacial score (nSPS) is 12.6. The number of ether oxygens (including phenoxy) is 2. The molecule has 6 heteroatoms. The average molecular weight is 505 g/mol. The lowest BCUT2D eigenvalue weighted by molar-refractivity contribution is -0.146. The van der Waals surface area contributed by atoms with E-state index in [1.54, 1.807) is 20.1 Å². The van der Waals surface area contributed by atoms with Crippen molar-refractivity contribution in [2.75, 3.05) is 19.0 Å². The van der Waals surface area contributed by atoms with Crippen molar-refractivity contribution in [3.05, 3.63) is 114 Å². The number of nitrogens with zero attached hydrogens (tertiary/aromatic N) is 1. The van der Waals surface area contributed by atoms with E-state index in [1.165, 1.54) is 0 Å². The molecule has 0 spiro atoms. The summed E-state index contributed by atoms with van der Waals surface area (Å²) in [5.74, 6) is -1.53. The smallest absolute Gasteiger partial charge is 0.319 e. The summed E-state index contributed by atoms with van der Waals surface area (Å²) in [4.78, 5) is 32.0. The van der Waals surface area contributed by atoms with Gasteiger partial charge in [-0.05, 0) is 59.7 Å². The Labute approximate surface area is 221 Å². The number of pyridine rings is 1. The molecule has 0 bridgehead atoms. The highest BCUT2D eigenvalue weighted by atomic mass is 16.5. The number of anilines is 1. The molecule has 1 N–H and O–H groups in total. The molecule has 0 saturated heterocycles. The summed E-state index contributed by atoms with van der Waals surface area (Å²) in [6, 6.07) is 31.7. The van der Waals surface area contributed by atoms with Gasteiger partial charge in [0.05, 0.1) is 25.3 Å². The number of Topliss-reactive ketones (excluding diaryl/α,β-unsaturated/α-hetero) is 1. The van der Waals surface area contributed by atoms with Gasteiger partial charge in [-0.15, -0.1) is 0 Å². The van der Waals surface area contributed by atoms with Crippen molar-refractivity contribution in [3.63, 3.8) is 0 Å². The number of hydrogen-bond acceptors (Lipinski definition) is 6. The molecule has 0 fully saturated rings. The van der Waals surface area contributed by atoms with E-state index >= 15 is 0 Å². The van der Waals surface area contributed by atoms with Crippen LogP contribution in [0.3, 0.4) is 0 Å². The number of carbonyl (C=O) groups is 2. The molecule has 0 radical (unpaired) electrons. The number of carbonyl (C=O) groups excluding carboxylic acids is 2. The molecule has 0 saturated carbocycles. The second-order valence-corrected chi connectivity index (χ2v) is 8.94. The van der Waals surface area contributed by atoms with Gasteiger partial charge in [0, 0.05) is 11.1 Å². The van der Waals surface area contributed by atoms with Crippen molar-refractivity contribution in [2.45, 2.75) is 13.0 Å². The predicted molar refractivity (Wildman–Crippen MR) is 150 cm³/mol. The Morgan fingerprint density at radius 1 is 0.816 bits per heavy atom. The minimum atomic E-state index is -1.18. The monoisotopic (exact) mass is 504 g/mol. The molecule has 190 valence electrons. The van der Waals surface area contributed by atoms with Gasteiger partial charge >= 0.3 is 5.97 Å². The number of esters is 1. The standard InChI is InChI=1S/C32H28N2O4/c1-3-38-32(36)29(31(35)28-19-15-22-9-6-7-11-27(22)34-28)30(23-13-17-26(37-2)18-14-23)33-25-16-12-21-8-4-5-10-24(21)20-25/h4-20,29-30,33H,3H2,1-2H3. The minimum absolute atomic E-state index is 0.152. The Kier molecular flexibility index (Phi) is 7.31. The van der Waals surface area contributed by atoms with Crippen LogP contribution in [0.25, 0.3) is 21.7 Å². The molecule has 4 aromatic carbocycles. The van der Waals surface area contributed by atoms with Crippen LogP contribution in [0.5, 0.6) is 5.75 Å². The van der Waals surface area contributed by atoms with Gasteiger partial charge < -0.3 is 14.8 Å². The second kappa shape index (κ2) is 11.1. The van der Waals surface area contributed by atoms with E-state index in [-0.39, 0.29) is 12.3 Å². The van der Waals surface area contributed by atoms with Crippen molar-refractivity contribution >= 4 is 39.1 Å². The van der Waals surface area contributed by atoms with Crippen molar-refractivity contribution in [2.24, 2.45) is 5.92 Å². The van der Waals surface area contributed by atoms with Crippen LogP contribution in [0.4, 0.5) is 5.69 Å². The Morgan fingerprint density at radius 2 is 1.50 bits per heavy atom. The predicted octanol–water partition coefficient (Wildman–Crippen LogP) is 6.61.